The van der Waals surface area contributed by atoms with Gasteiger partial charge in [-0.15, -0.1) is 0 Å². The molecule has 3 rings (SSSR count). The van der Waals surface area contributed by atoms with Gasteiger partial charge >= 0.3 is 5.97 Å². The molecule has 0 aromatic rings. The molecule has 26 heavy (non-hydrogen) atoms. The summed E-state index contributed by atoms with van der Waals surface area (Å²) in [5.41, 5.74) is 0. The van der Waals surface area contributed by atoms with E-state index in [-0.39, 0.29) is 12.1 Å². The zero-order chi connectivity index (χ0) is 18.4. The monoisotopic (exact) mass is 364 g/mol. The second-order valence-electron chi connectivity index (χ2n) is 8.22. The SMILES string of the molecule is CN=C(NCCCC(=O)OC1CCCC1)NC1CC2CCCC(C1)N2C. The van der Waals surface area contributed by atoms with Gasteiger partial charge in [-0.3, -0.25) is 9.79 Å². The van der Waals surface area contributed by atoms with Crippen molar-refractivity contribution in [2.24, 2.45) is 4.99 Å². The summed E-state index contributed by atoms with van der Waals surface area (Å²) < 4.78 is 5.50. The molecule has 6 nitrogen and oxygen atoms in total. The lowest BCUT2D eigenvalue weighted by Gasteiger charge is -2.47. The van der Waals surface area contributed by atoms with Gasteiger partial charge in [0, 0.05) is 38.1 Å². The molecular weight excluding hydrogens is 328 g/mol. The Morgan fingerprint density at radius 2 is 1.81 bits per heavy atom. The lowest BCUT2D eigenvalue weighted by molar-refractivity contribution is -0.148. The Labute approximate surface area is 158 Å². The van der Waals surface area contributed by atoms with Crippen LogP contribution in [-0.2, 0) is 9.53 Å². The van der Waals surface area contributed by atoms with Gasteiger partial charge in [-0.2, -0.15) is 0 Å². The fourth-order valence-electron chi connectivity index (χ4n) is 4.81. The van der Waals surface area contributed by atoms with Crippen LogP contribution >= 0.6 is 0 Å². The highest BCUT2D eigenvalue weighted by Crippen LogP contribution is 2.32. The number of piperidine rings is 2. The summed E-state index contributed by atoms with van der Waals surface area (Å²) in [4.78, 5) is 18.8. The molecule has 1 aliphatic carbocycles. The fourth-order valence-corrected chi connectivity index (χ4v) is 4.81. The second-order valence-corrected chi connectivity index (χ2v) is 8.22. The van der Waals surface area contributed by atoms with Gasteiger partial charge in [-0.05, 0) is 64.8 Å². The molecule has 0 spiro atoms. The standard InChI is InChI=1S/C20H36N4O2/c1-21-20(22-12-6-11-19(25)26-18-9-3-4-10-18)23-15-13-16-7-5-8-17(14-15)24(16)2/h15-18H,3-14H2,1-2H3,(H2,21,22,23). The van der Waals surface area contributed by atoms with Gasteiger partial charge in [0.1, 0.15) is 6.10 Å². The number of hydrogen-bond donors (Lipinski definition) is 2. The predicted molar refractivity (Wildman–Crippen MR) is 104 cm³/mol. The first-order chi connectivity index (χ1) is 12.7. The Morgan fingerprint density at radius 1 is 1.12 bits per heavy atom. The van der Waals surface area contributed by atoms with Gasteiger partial charge in [-0.1, -0.05) is 6.42 Å². The lowest BCUT2D eigenvalue weighted by Crippen LogP contribution is -2.56. The van der Waals surface area contributed by atoms with Gasteiger partial charge in [0.2, 0.25) is 0 Å². The van der Waals surface area contributed by atoms with Gasteiger partial charge in [-0.25, -0.2) is 0 Å². The number of guanidine groups is 1. The molecule has 0 amide bonds. The topological polar surface area (TPSA) is 66.0 Å². The van der Waals surface area contributed by atoms with E-state index < -0.39 is 0 Å². The number of ether oxygens (including phenoxy) is 1. The Morgan fingerprint density at radius 3 is 2.46 bits per heavy atom. The number of nitrogens with one attached hydrogen (secondary N) is 2. The van der Waals surface area contributed by atoms with Crippen molar-refractivity contribution in [3.05, 3.63) is 0 Å². The number of aliphatic imine (C=N–C) groups is 1. The molecule has 1 saturated carbocycles. The number of carbonyl (C=O) groups is 1. The third-order valence-electron chi connectivity index (χ3n) is 6.35. The van der Waals surface area contributed by atoms with Gasteiger partial charge < -0.3 is 20.3 Å². The largest absolute Gasteiger partial charge is 0.462 e. The molecular formula is C20H36N4O2. The summed E-state index contributed by atoms with van der Waals surface area (Å²) in [6, 6.07) is 1.92. The van der Waals surface area contributed by atoms with Gasteiger partial charge in [0.25, 0.3) is 0 Å². The Balaban J connectivity index is 1.32. The van der Waals surface area contributed by atoms with E-state index in [2.05, 4.69) is 27.6 Å². The molecule has 3 aliphatic rings. The quantitative estimate of drug-likeness (QED) is 0.328. The van der Waals surface area contributed by atoms with E-state index >= 15 is 0 Å². The zero-order valence-corrected chi connectivity index (χ0v) is 16.5. The Hall–Kier alpha value is -1.30. The first kappa shape index (κ1) is 19.5. The van der Waals surface area contributed by atoms with Crippen LogP contribution in [0.4, 0.5) is 0 Å². The molecule has 2 unspecified atom stereocenters. The number of esters is 1. The normalized spacial score (nSPS) is 30.2. The maximum Gasteiger partial charge on any atom is 0.306 e. The van der Waals surface area contributed by atoms with E-state index in [0.717, 1.165) is 31.8 Å². The number of hydrogen-bond acceptors (Lipinski definition) is 4. The third kappa shape index (κ3) is 5.35. The van der Waals surface area contributed by atoms with Crippen molar-refractivity contribution in [1.82, 2.24) is 15.5 Å². The number of nitrogens with zero attached hydrogens (tertiary/aromatic N) is 2. The van der Waals surface area contributed by atoms with Crippen LogP contribution in [0, 0.1) is 0 Å². The van der Waals surface area contributed by atoms with E-state index in [4.69, 9.17) is 4.74 Å². The van der Waals surface area contributed by atoms with Crippen molar-refractivity contribution < 1.29 is 9.53 Å². The molecule has 148 valence electrons. The Bertz CT molecular complexity index is 476. The van der Waals surface area contributed by atoms with Crippen molar-refractivity contribution >= 4 is 11.9 Å². The van der Waals surface area contributed by atoms with Crippen LogP contribution in [0.3, 0.4) is 0 Å². The minimum absolute atomic E-state index is 0.0511. The van der Waals surface area contributed by atoms with E-state index in [1.165, 1.54) is 44.9 Å². The van der Waals surface area contributed by atoms with Crippen LogP contribution in [0.25, 0.3) is 0 Å². The summed E-state index contributed by atoms with van der Waals surface area (Å²) in [5, 5.41) is 6.96. The van der Waals surface area contributed by atoms with Crippen LogP contribution in [-0.4, -0.2) is 61.7 Å². The van der Waals surface area contributed by atoms with Crippen LogP contribution in [0.1, 0.15) is 70.6 Å². The summed E-state index contributed by atoms with van der Waals surface area (Å²) in [6.45, 7) is 0.749. The van der Waals surface area contributed by atoms with Crippen LogP contribution < -0.4 is 10.6 Å². The van der Waals surface area contributed by atoms with E-state index in [0.29, 0.717) is 24.5 Å². The highest BCUT2D eigenvalue weighted by atomic mass is 16.5. The van der Waals surface area contributed by atoms with E-state index in [1.807, 2.05) is 7.05 Å². The Kier molecular flexibility index (Phi) is 7.17. The number of fused-ring (bicyclic) bond motifs is 2. The average molecular weight is 365 g/mol. The number of carbonyl (C=O) groups excluding carboxylic acids is 1. The highest BCUT2D eigenvalue weighted by Gasteiger charge is 2.36. The second kappa shape index (κ2) is 9.58. The first-order valence-electron chi connectivity index (χ1n) is 10.5. The smallest absolute Gasteiger partial charge is 0.306 e. The molecule has 2 bridgehead atoms. The maximum atomic E-state index is 11.9. The minimum atomic E-state index is -0.0511. The molecule has 2 aliphatic heterocycles. The maximum absolute atomic E-state index is 11.9. The van der Waals surface area contributed by atoms with Gasteiger partial charge in [0.05, 0.1) is 0 Å². The van der Waals surface area contributed by atoms with Crippen molar-refractivity contribution in [3.63, 3.8) is 0 Å². The lowest BCUT2D eigenvalue weighted by atomic mass is 9.82. The number of rotatable bonds is 6. The summed E-state index contributed by atoms with van der Waals surface area (Å²) >= 11 is 0. The highest BCUT2D eigenvalue weighted by molar-refractivity contribution is 5.80. The molecule has 2 N–H and O–H groups in total. The molecule has 0 aromatic carbocycles. The van der Waals surface area contributed by atoms with Crippen molar-refractivity contribution in [2.45, 2.75) is 94.9 Å². The molecule has 0 aromatic heterocycles. The molecule has 2 saturated heterocycles. The predicted octanol–water partition coefficient (Wildman–Crippen LogP) is 2.43. The van der Waals surface area contributed by atoms with Crippen molar-refractivity contribution in [3.8, 4) is 0 Å². The summed E-state index contributed by atoms with van der Waals surface area (Å²) in [6.07, 6.45) is 12.3. The van der Waals surface area contributed by atoms with E-state index in [9.17, 15) is 4.79 Å². The minimum Gasteiger partial charge on any atom is -0.462 e. The molecule has 2 atom stereocenters. The molecule has 2 heterocycles. The third-order valence-corrected chi connectivity index (χ3v) is 6.35. The zero-order valence-electron chi connectivity index (χ0n) is 16.5. The molecule has 0 radical (unpaired) electrons. The van der Waals surface area contributed by atoms with E-state index in [1.54, 1.807) is 0 Å². The van der Waals surface area contributed by atoms with Crippen molar-refractivity contribution in [1.29, 1.82) is 0 Å². The van der Waals surface area contributed by atoms with Gasteiger partial charge in [0.15, 0.2) is 5.96 Å². The van der Waals surface area contributed by atoms with Crippen molar-refractivity contribution in [2.75, 3.05) is 20.6 Å². The summed E-state index contributed by atoms with van der Waals surface area (Å²) in [7, 11) is 4.10. The average Bonchev–Trinajstić information content (AvgIpc) is 3.11. The fraction of sp³-hybridized carbons (Fsp3) is 0.900. The van der Waals surface area contributed by atoms with Crippen LogP contribution in [0.5, 0.6) is 0 Å². The molecule has 3 fully saturated rings. The van der Waals surface area contributed by atoms with Crippen LogP contribution in [0.15, 0.2) is 4.99 Å². The van der Waals surface area contributed by atoms with Crippen LogP contribution in [0.2, 0.25) is 0 Å². The first-order valence-corrected chi connectivity index (χ1v) is 10.5. The summed E-state index contributed by atoms with van der Waals surface area (Å²) in [5.74, 6) is 0.812. The molecule has 6 heteroatoms.